The Labute approximate surface area is 115 Å². The standard InChI is InChI=1S/C13H14N2O3S/c1-8(11(14)16)19-7-6-15-12(17)9-4-2-3-5-10(9)13(15)18/h2-5,8H,6-7H2,1H3,(H2,14,16)/t8-/m1/s1. The minimum absolute atomic E-state index is 0.270. The third kappa shape index (κ3) is 2.63. The van der Waals surface area contributed by atoms with Gasteiger partial charge >= 0.3 is 0 Å². The Kier molecular flexibility index (Phi) is 3.90. The summed E-state index contributed by atoms with van der Waals surface area (Å²) in [5.41, 5.74) is 6.04. The second-order valence-corrected chi connectivity index (χ2v) is 5.67. The minimum Gasteiger partial charge on any atom is -0.369 e. The first-order valence-electron chi connectivity index (χ1n) is 5.88. The molecular formula is C13H14N2O3S. The van der Waals surface area contributed by atoms with Crippen LogP contribution in [0.5, 0.6) is 0 Å². The number of benzene rings is 1. The largest absolute Gasteiger partial charge is 0.369 e. The molecule has 0 unspecified atom stereocenters. The van der Waals surface area contributed by atoms with Crippen LogP contribution in [0.4, 0.5) is 0 Å². The first kappa shape index (κ1) is 13.6. The number of carbonyl (C=O) groups excluding carboxylic acids is 3. The second kappa shape index (κ2) is 5.44. The topological polar surface area (TPSA) is 80.5 Å². The summed E-state index contributed by atoms with van der Waals surface area (Å²) in [5.74, 6) is -0.441. The highest BCUT2D eigenvalue weighted by molar-refractivity contribution is 8.00. The Morgan fingerprint density at radius 3 is 2.26 bits per heavy atom. The zero-order valence-electron chi connectivity index (χ0n) is 10.5. The van der Waals surface area contributed by atoms with Crippen molar-refractivity contribution in [2.24, 2.45) is 5.73 Å². The molecule has 0 aromatic heterocycles. The maximum atomic E-state index is 12.0. The molecule has 3 amide bonds. The molecule has 0 aliphatic carbocycles. The van der Waals surface area contributed by atoms with Crippen LogP contribution >= 0.6 is 11.8 Å². The van der Waals surface area contributed by atoms with Gasteiger partial charge in [-0.1, -0.05) is 12.1 Å². The predicted octanol–water partition coefficient (Wildman–Crippen LogP) is 0.890. The summed E-state index contributed by atoms with van der Waals surface area (Å²) in [6.45, 7) is 1.99. The number of thioether (sulfide) groups is 1. The van der Waals surface area contributed by atoms with Gasteiger partial charge in [0.15, 0.2) is 0 Å². The zero-order valence-corrected chi connectivity index (χ0v) is 11.3. The SMILES string of the molecule is C[C@@H](SCCN1C(=O)c2ccccc2C1=O)C(N)=O. The van der Waals surface area contributed by atoms with Crippen molar-refractivity contribution in [2.75, 3.05) is 12.3 Å². The highest BCUT2D eigenvalue weighted by Crippen LogP contribution is 2.23. The van der Waals surface area contributed by atoms with E-state index in [0.29, 0.717) is 16.9 Å². The molecule has 1 aliphatic heterocycles. The molecule has 0 fully saturated rings. The van der Waals surface area contributed by atoms with Gasteiger partial charge in [0.25, 0.3) is 11.8 Å². The fourth-order valence-electron chi connectivity index (χ4n) is 1.85. The summed E-state index contributed by atoms with van der Waals surface area (Å²) in [6, 6.07) is 6.76. The summed E-state index contributed by atoms with van der Waals surface area (Å²) in [5, 5.41) is -0.324. The number of carbonyl (C=O) groups is 3. The van der Waals surface area contributed by atoms with Crippen molar-refractivity contribution in [1.29, 1.82) is 0 Å². The first-order valence-corrected chi connectivity index (χ1v) is 6.93. The van der Waals surface area contributed by atoms with Gasteiger partial charge in [-0.15, -0.1) is 11.8 Å². The number of hydrogen-bond donors (Lipinski definition) is 1. The minimum atomic E-state index is -0.396. The van der Waals surface area contributed by atoms with Crippen LogP contribution in [0.1, 0.15) is 27.6 Å². The third-order valence-electron chi connectivity index (χ3n) is 2.96. The van der Waals surface area contributed by atoms with Gasteiger partial charge < -0.3 is 5.73 Å². The lowest BCUT2D eigenvalue weighted by atomic mass is 10.1. The van der Waals surface area contributed by atoms with Gasteiger partial charge in [-0.05, 0) is 19.1 Å². The molecule has 0 bridgehead atoms. The molecule has 6 heteroatoms. The molecule has 100 valence electrons. The predicted molar refractivity (Wildman–Crippen MR) is 72.9 cm³/mol. The average molecular weight is 278 g/mol. The van der Waals surface area contributed by atoms with Crippen molar-refractivity contribution in [3.8, 4) is 0 Å². The van der Waals surface area contributed by atoms with E-state index in [1.165, 1.54) is 16.7 Å². The van der Waals surface area contributed by atoms with E-state index >= 15 is 0 Å². The van der Waals surface area contributed by atoms with Gasteiger partial charge in [0.1, 0.15) is 0 Å². The highest BCUT2D eigenvalue weighted by Gasteiger charge is 2.34. The highest BCUT2D eigenvalue weighted by atomic mass is 32.2. The van der Waals surface area contributed by atoms with Crippen LogP contribution in [0.15, 0.2) is 24.3 Å². The van der Waals surface area contributed by atoms with E-state index in [1.54, 1.807) is 31.2 Å². The molecule has 1 atom stereocenters. The molecule has 1 aromatic rings. The number of primary amides is 1. The van der Waals surface area contributed by atoms with Crippen molar-refractivity contribution in [2.45, 2.75) is 12.2 Å². The van der Waals surface area contributed by atoms with E-state index in [0.717, 1.165) is 0 Å². The lowest BCUT2D eigenvalue weighted by Crippen LogP contribution is -2.33. The van der Waals surface area contributed by atoms with Crippen molar-refractivity contribution < 1.29 is 14.4 Å². The van der Waals surface area contributed by atoms with Gasteiger partial charge in [-0.2, -0.15) is 0 Å². The molecule has 0 saturated carbocycles. The van der Waals surface area contributed by atoms with Crippen LogP contribution in [0, 0.1) is 0 Å². The van der Waals surface area contributed by atoms with Crippen LogP contribution in [-0.4, -0.2) is 40.2 Å². The lowest BCUT2D eigenvalue weighted by Gasteiger charge is -2.14. The molecule has 0 spiro atoms. The first-order chi connectivity index (χ1) is 9.02. The molecule has 0 saturated heterocycles. The van der Waals surface area contributed by atoms with E-state index in [4.69, 9.17) is 5.73 Å². The number of nitrogens with two attached hydrogens (primary N) is 1. The Bertz CT molecular complexity index is 509. The Hall–Kier alpha value is -1.82. The molecule has 19 heavy (non-hydrogen) atoms. The van der Waals surface area contributed by atoms with Gasteiger partial charge in [0, 0.05) is 12.3 Å². The summed E-state index contributed by atoms with van der Waals surface area (Å²) < 4.78 is 0. The number of hydrogen-bond acceptors (Lipinski definition) is 4. The van der Waals surface area contributed by atoms with Crippen molar-refractivity contribution in [3.63, 3.8) is 0 Å². The number of rotatable bonds is 5. The number of amides is 3. The van der Waals surface area contributed by atoms with E-state index < -0.39 is 5.91 Å². The molecule has 1 aromatic carbocycles. The van der Waals surface area contributed by atoms with Crippen molar-refractivity contribution in [1.82, 2.24) is 4.90 Å². The molecule has 2 N–H and O–H groups in total. The Morgan fingerprint density at radius 2 is 1.79 bits per heavy atom. The third-order valence-corrected chi connectivity index (χ3v) is 4.11. The Balaban J connectivity index is 1.99. The van der Waals surface area contributed by atoms with Gasteiger partial charge in [0.2, 0.25) is 5.91 Å². The van der Waals surface area contributed by atoms with Gasteiger partial charge in [-0.25, -0.2) is 0 Å². The van der Waals surface area contributed by atoms with E-state index in [1.807, 2.05) is 0 Å². The molecule has 0 radical (unpaired) electrons. The maximum absolute atomic E-state index is 12.0. The summed E-state index contributed by atoms with van der Waals surface area (Å²) in [6.07, 6.45) is 0. The molecule has 5 nitrogen and oxygen atoms in total. The lowest BCUT2D eigenvalue weighted by molar-refractivity contribution is -0.117. The van der Waals surface area contributed by atoms with Crippen molar-refractivity contribution in [3.05, 3.63) is 35.4 Å². The smallest absolute Gasteiger partial charge is 0.261 e. The molecular weight excluding hydrogens is 264 g/mol. The van der Waals surface area contributed by atoms with Gasteiger partial charge in [0.05, 0.1) is 16.4 Å². The molecule has 2 rings (SSSR count). The number of fused-ring (bicyclic) bond motifs is 1. The van der Waals surface area contributed by atoms with Crippen LogP contribution < -0.4 is 5.73 Å². The number of nitrogens with zero attached hydrogens (tertiary/aromatic N) is 1. The normalized spacial score (nSPS) is 15.5. The van der Waals surface area contributed by atoms with Crippen LogP contribution in [0.2, 0.25) is 0 Å². The fourth-order valence-corrected chi connectivity index (χ4v) is 2.65. The summed E-state index contributed by atoms with van der Waals surface area (Å²) in [7, 11) is 0. The van der Waals surface area contributed by atoms with Crippen LogP contribution in [-0.2, 0) is 4.79 Å². The zero-order chi connectivity index (χ0) is 14.0. The molecule has 1 aliphatic rings. The second-order valence-electron chi connectivity index (χ2n) is 4.22. The average Bonchev–Trinajstić information content (AvgIpc) is 2.64. The summed E-state index contributed by atoms with van der Waals surface area (Å²) in [4.78, 5) is 36.1. The maximum Gasteiger partial charge on any atom is 0.261 e. The van der Waals surface area contributed by atoms with Crippen LogP contribution in [0.25, 0.3) is 0 Å². The van der Waals surface area contributed by atoms with E-state index in [9.17, 15) is 14.4 Å². The fraction of sp³-hybridized carbons (Fsp3) is 0.308. The van der Waals surface area contributed by atoms with E-state index in [2.05, 4.69) is 0 Å². The summed E-state index contributed by atoms with van der Waals surface area (Å²) >= 11 is 1.33. The quantitative estimate of drug-likeness (QED) is 0.811. The van der Waals surface area contributed by atoms with E-state index in [-0.39, 0.29) is 23.6 Å². The Morgan fingerprint density at radius 1 is 1.26 bits per heavy atom. The van der Waals surface area contributed by atoms with Gasteiger partial charge in [-0.3, -0.25) is 19.3 Å². The molecule has 1 heterocycles. The monoisotopic (exact) mass is 278 g/mol. The van der Waals surface area contributed by atoms with Crippen LogP contribution in [0.3, 0.4) is 0 Å². The van der Waals surface area contributed by atoms with Crippen molar-refractivity contribution >= 4 is 29.5 Å². The number of imide groups is 1.